The van der Waals surface area contributed by atoms with Crippen molar-refractivity contribution in [1.82, 2.24) is 5.32 Å². The minimum absolute atomic E-state index is 0.0775. The van der Waals surface area contributed by atoms with Gasteiger partial charge < -0.3 is 15.8 Å². The lowest BCUT2D eigenvalue weighted by Crippen LogP contribution is -2.28. The number of nitrogens with two attached hydrogens (primary N) is 1. The van der Waals surface area contributed by atoms with Gasteiger partial charge in [0.2, 0.25) is 5.91 Å². The van der Waals surface area contributed by atoms with Crippen molar-refractivity contribution in [2.75, 3.05) is 6.54 Å². The quantitative estimate of drug-likeness (QED) is 0.852. The third-order valence-electron chi connectivity index (χ3n) is 3.35. The molecule has 0 bridgehead atoms. The minimum atomic E-state index is -0.305. The Morgan fingerprint density at radius 3 is 2.89 bits per heavy atom. The third-order valence-corrected chi connectivity index (χ3v) is 3.35. The van der Waals surface area contributed by atoms with Gasteiger partial charge in [-0.3, -0.25) is 4.79 Å². The molecule has 0 spiro atoms. The number of hydrogen-bond donors (Lipinski definition) is 2. The highest BCUT2D eigenvalue weighted by Crippen LogP contribution is 2.40. The summed E-state index contributed by atoms with van der Waals surface area (Å²) in [6.45, 7) is 6.95. The number of fused-ring (bicyclic) bond motifs is 1. The van der Waals surface area contributed by atoms with Gasteiger partial charge in [0.05, 0.1) is 0 Å². The van der Waals surface area contributed by atoms with E-state index in [0.717, 1.165) is 24.3 Å². The fourth-order valence-electron chi connectivity index (χ4n) is 2.65. The zero-order chi connectivity index (χ0) is 14.0. The molecule has 1 atom stereocenters. The fourth-order valence-corrected chi connectivity index (χ4v) is 2.65. The first kappa shape index (κ1) is 13.9. The molecule has 0 aromatic heterocycles. The third kappa shape index (κ3) is 3.07. The Labute approximate surface area is 114 Å². The molecule has 0 fully saturated rings. The second-order valence-electron chi connectivity index (χ2n) is 5.65. The van der Waals surface area contributed by atoms with Crippen LogP contribution < -0.4 is 15.8 Å². The molecule has 1 amide bonds. The van der Waals surface area contributed by atoms with Crippen molar-refractivity contribution in [1.29, 1.82) is 0 Å². The van der Waals surface area contributed by atoms with Crippen LogP contribution in [0.3, 0.4) is 0 Å². The predicted octanol–water partition coefficient (Wildman–Crippen LogP) is 1.93. The van der Waals surface area contributed by atoms with Crippen molar-refractivity contribution in [3.05, 3.63) is 29.3 Å². The highest BCUT2D eigenvalue weighted by molar-refractivity contribution is 5.75. The Bertz CT molecular complexity index is 483. The first-order valence-electron chi connectivity index (χ1n) is 6.75. The number of benzene rings is 1. The molecule has 0 saturated carbocycles. The molecule has 19 heavy (non-hydrogen) atoms. The zero-order valence-electron chi connectivity index (χ0n) is 11.8. The average molecular weight is 262 g/mol. The summed E-state index contributed by atoms with van der Waals surface area (Å²) in [6.07, 6.45) is 1.18. The number of primary amides is 1. The molecular formula is C15H22N2O2. The first-order chi connectivity index (χ1) is 8.93. The number of ether oxygens (including phenoxy) is 1. The van der Waals surface area contributed by atoms with Crippen molar-refractivity contribution in [2.45, 2.75) is 45.3 Å². The van der Waals surface area contributed by atoms with E-state index in [9.17, 15) is 4.79 Å². The Balaban J connectivity index is 2.34. The Kier molecular flexibility index (Phi) is 3.80. The van der Waals surface area contributed by atoms with Crippen molar-refractivity contribution >= 4 is 5.91 Å². The van der Waals surface area contributed by atoms with Crippen molar-refractivity contribution in [2.24, 2.45) is 5.73 Å². The van der Waals surface area contributed by atoms with Crippen molar-refractivity contribution in [3.63, 3.8) is 0 Å². The molecule has 1 aliphatic heterocycles. The largest absolute Gasteiger partial charge is 0.487 e. The molecule has 1 unspecified atom stereocenters. The summed E-state index contributed by atoms with van der Waals surface area (Å²) in [4.78, 5) is 11.2. The van der Waals surface area contributed by atoms with Gasteiger partial charge >= 0.3 is 0 Å². The zero-order valence-corrected chi connectivity index (χ0v) is 11.8. The van der Waals surface area contributed by atoms with Crippen LogP contribution in [-0.2, 0) is 11.2 Å². The summed E-state index contributed by atoms with van der Waals surface area (Å²) in [7, 11) is 0. The second-order valence-corrected chi connectivity index (χ2v) is 5.65. The molecule has 4 heteroatoms. The van der Waals surface area contributed by atoms with Crippen LogP contribution >= 0.6 is 0 Å². The maximum absolute atomic E-state index is 11.2. The molecule has 1 heterocycles. The summed E-state index contributed by atoms with van der Waals surface area (Å²) in [5.41, 5.74) is 7.40. The van der Waals surface area contributed by atoms with Crippen molar-refractivity contribution in [3.8, 4) is 5.75 Å². The number of amides is 1. The molecular weight excluding hydrogens is 240 g/mol. The van der Waals surface area contributed by atoms with E-state index in [0.29, 0.717) is 0 Å². The summed E-state index contributed by atoms with van der Waals surface area (Å²) in [5, 5.41) is 3.31. The topological polar surface area (TPSA) is 64.3 Å². The lowest BCUT2D eigenvalue weighted by molar-refractivity contribution is -0.118. The lowest BCUT2D eigenvalue weighted by atomic mass is 9.97. The van der Waals surface area contributed by atoms with E-state index in [1.54, 1.807) is 0 Å². The van der Waals surface area contributed by atoms with Gasteiger partial charge in [-0.05, 0) is 26.0 Å². The molecule has 3 N–H and O–H groups in total. The molecule has 2 rings (SSSR count). The predicted molar refractivity (Wildman–Crippen MR) is 75.1 cm³/mol. The van der Waals surface area contributed by atoms with Gasteiger partial charge in [0.25, 0.3) is 0 Å². The van der Waals surface area contributed by atoms with Gasteiger partial charge in [-0.25, -0.2) is 0 Å². The van der Waals surface area contributed by atoms with Crippen molar-refractivity contribution < 1.29 is 9.53 Å². The number of hydrogen-bond acceptors (Lipinski definition) is 3. The maximum atomic E-state index is 11.2. The van der Waals surface area contributed by atoms with E-state index < -0.39 is 0 Å². The number of carbonyl (C=O) groups is 1. The highest BCUT2D eigenvalue weighted by Gasteiger charge is 2.33. The molecule has 4 nitrogen and oxygen atoms in total. The molecule has 0 aliphatic carbocycles. The molecule has 0 radical (unpaired) electrons. The Morgan fingerprint density at radius 1 is 1.53 bits per heavy atom. The number of para-hydroxylation sites is 1. The van der Waals surface area contributed by atoms with E-state index in [2.05, 4.69) is 25.2 Å². The SMILES string of the molecule is CCNC(CC(N)=O)c1cccc2c1OC(C)(C)C2. The summed E-state index contributed by atoms with van der Waals surface area (Å²) in [5.74, 6) is 0.612. The summed E-state index contributed by atoms with van der Waals surface area (Å²) >= 11 is 0. The molecule has 1 aromatic rings. The molecule has 1 aliphatic rings. The first-order valence-corrected chi connectivity index (χ1v) is 6.75. The van der Waals surface area contributed by atoms with Crippen LogP contribution in [0.1, 0.15) is 44.4 Å². The van der Waals surface area contributed by atoms with Gasteiger partial charge in [0.15, 0.2) is 0 Å². The van der Waals surface area contributed by atoms with E-state index in [-0.39, 0.29) is 24.0 Å². The van der Waals surface area contributed by atoms with E-state index in [1.807, 2.05) is 19.1 Å². The number of nitrogens with one attached hydrogen (secondary N) is 1. The van der Waals surface area contributed by atoms with E-state index >= 15 is 0 Å². The molecule has 104 valence electrons. The van der Waals surface area contributed by atoms with Crippen LogP contribution in [0.5, 0.6) is 5.75 Å². The minimum Gasteiger partial charge on any atom is -0.487 e. The second kappa shape index (κ2) is 5.21. The van der Waals surface area contributed by atoms with Gasteiger partial charge in [-0.2, -0.15) is 0 Å². The normalized spacial score (nSPS) is 17.6. The Hall–Kier alpha value is -1.55. The van der Waals surface area contributed by atoms with Crippen LogP contribution in [0, 0.1) is 0 Å². The van der Waals surface area contributed by atoms with Crippen LogP contribution in [0.15, 0.2) is 18.2 Å². The summed E-state index contributed by atoms with van der Waals surface area (Å²) < 4.78 is 6.04. The van der Waals surface area contributed by atoms with Crippen LogP contribution in [0.25, 0.3) is 0 Å². The van der Waals surface area contributed by atoms with Crippen LogP contribution in [-0.4, -0.2) is 18.1 Å². The number of rotatable bonds is 5. The van der Waals surface area contributed by atoms with Crippen LogP contribution in [0.2, 0.25) is 0 Å². The smallest absolute Gasteiger partial charge is 0.219 e. The highest BCUT2D eigenvalue weighted by atomic mass is 16.5. The van der Waals surface area contributed by atoms with Gasteiger partial charge in [-0.1, -0.05) is 25.1 Å². The molecule has 1 aromatic carbocycles. The van der Waals surface area contributed by atoms with E-state index in [1.165, 1.54) is 5.56 Å². The monoisotopic (exact) mass is 262 g/mol. The van der Waals surface area contributed by atoms with E-state index in [4.69, 9.17) is 10.5 Å². The average Bonchev–Trinajstić information content (AvgIpc) is 2.61. The van der Waals surface area contributed by atoms with Gasteiger partial charge in [0.1, 0.15) is 11.4 Å². The maximum Gasteiger partial charge on any atom is 0.219 e. The standard InChI is InChI=1S/C15H22N2O2/c1-4-17-12(8-13(16)18)11-7-5-6-10-9-15(2,3)19-14(10)11/h5-7,12,17H,4,8-9H2,1-3H3,(H2,16,18). The number of carbonyl (C=O) groups excluding carboxylic acids is 1. The lowest BCUT2D eigenvalue weighted by Gasteiger charge is -2.22. The fraction of sp³-hybridized carbons (Fsp3) is 0.533. The molecule has 0 saturated heterocycles. The van der Waals surface area contributed by atoms with Crippen LogP contribution in [0.4, 0.5) is 0 Å². The Morgan fingerprint density at radius 2 is 2.26 bits per heavy atom. The summed E-state index contributed by atoms with van der Waals surface area (Å²) in [6, 6.07) is 6.04. The van der Waals surface area contributed by atoms with Gasteiger partial charge in [-0.15, -0.1) is 0 Å². The van der Waals surface area contributed by atoms with Gasteiger partial charge in [0, 0.05) is 24.4 Å².